The Kier molecular flexibility index (Phi) is 11.0. The van der Waals surface area contributed by atoms with Gasteiger partial charge in [-0.25, -0.2) is 0 Å². The van der Waals surface area contributed by atoms with Gasteiger partial charge in [-0.1, -0.05) is 261 Å². The fourth-order valence-electron chi connectivity index (χ4n) is 10.3. The summed E-state index contributed by atoms with van der Waals surface area (Å²) in [5.74, 6) is 0. The predicted molar refractivity (Wildman–Crippen MR) is 294 cm³/mol. The summed E-state index contributed by atoms with van der Waals surface area (Å²) in [6.45, 7) is 0. The van der Waals surface area contributed by atoms with Gasteiger partial charge in [0.25, 0.3) is 0 Å². The first-order valence-corrected chi connectivity index (χ1v) is 23.8. The lowest BCUT2D eigenvalue weighted by atomic mass is 9.82. The molecule has 0 spiro atoms. The fourth-order valence-corrected chi connectivity index (χ4v) is 10.3. The van der Waals surface area contributed by atoms with Crippen molar-refractivity contribution in [3.63, 3.8) is 0 Å². The lowest BCUT2D eigenvalue weighted by Gasteiger charge is -2.32. The normalized spacial score (nSPS) is 11.2. The molecule has 0 unspecified atom stereocenters. The third-order valence-corrected chi connectivity index (χ3v) is 13.5. The maximum Gasteiger partial charge on any atom is 0.0618 e. The molecule has 1 heteroatoms. The molecule has 0 fully saturated rings. The SMILES string of the molecule is c1ccc(-c2ccc(N(c3ccc(-c4cccc5c4c(-c4ccccc4)c(-c4ccccc4)c4ccccc45)cc3)c3c(-c4ccccc4)cccc3-c3ccccc3)c(-c3ccccc3)c2)cc1. The Morgan fingerprint density at radius 2 is 0.609 bits per heavy atom. The molecule has 12 aromatic carbocycles. The van der Waals surface area contributed by atoms with E-state index in [1.165, 1.54) is 60.5 Å². The first kappa shape index (κ1) is 41.4. The molecular weight excluding hydrogens is 831 g/mol. The van der Waals surface area contributed by atoms with Crippen LogP contribution < -0.4 is 4.90 Å². The second-order valence-corrected chi connectivity index (χ2v) is 17.5. The van der Waals surface area contributed by atoms with Crippen LogP contribution in [0.1, 0.15) is 0 Å². The zero-order valence-electron chi connectivity index (χ0n) is 38.1. The largest absolute Gasteiger partial charge is 0.309 e. The molecule has 0 saturated carbocycles. The van der Waals surface area contributed by atoms with Gasteiger partial charge in [-0.2, -0.15) is 0 Å². The number of rotatable bonds is 10. The molecule has 0 heterocycles. The number of para-hydroxylation sites is 1. The van der Waals surface area contributed by atoms with Crippen LogP contribution in [0.2, 0.25) is 0 Å². The van der Waals surface area contributed by atoms with E-state index < -0.39 is 0 Å². The van der Waals surface area contributed by atoms with E-state index in [0.717, 1.165) is 56.0 Å². The number of hydrogen-bond acceptors (Lipinski definition) is 1. The highest BCUT2D eigenvalue weighted by Crippen LogP contribution is 2.51. The third kappa shape index (κ3) is 7.76. The Bertz CT molecular complexity index is 3660. The fraction of sp³-hybridized carbons (Fsp3) is 0. The average molecular weight is 878 g/mol. The van der Waals surface area contributed by atoms with E-state index in [4.69, 9.17) is 0 Å². The quantitative estimate of drug-likeness (QED) is 0.124. The minimum Gasteiger partial charge on any atom is -0.309 e. The minimum atomic E-state index is 1.06. The highest BCUT2D eigenvalue weighted by Gasteiger charge is 2.26. The molecule has 0 N–H and O–H groups in total. The number of nitrogens with zero attached hydrogens (tertiary/aromatic N) is 1. The Hall–Kier alpha value is -9.04. The average Bonchev–Trinajstić information content (AvgIpc) is 3.44. The van der Waals surface area contributed by atoms with Gasteiger partial charge in [0.2, 0.25) is 0 Å². The second-order valence-electron chi connectivity index (χ2n) is 17.5. The Balaban J connectivity index is 1.13. The van der Waals surface area contributed by atoms with Gasteiger partial charge >= 0.3 is 0 Å². The van der Waals surface area contributed by atoms with Gasteiger partial charge in [0.1, 0.15) is 0 Å². The van der Waals surface area contributed by atoms with Gasteiger partial charge in [0.05, 0.1) is 11.4 Å². The Morgan fingerprint density at radius 3 is 1.16 bits per heavy atom. The molecule has 69 heavy (non-hydrogen) atoms. The summed E-state index contributed by atoms with van der Waals surface area (Å²) in [4.78, 5) is 2.51. The maximum atomic E-state index is 2.51. The summed E-state index contributed by atoms with van der Waals surface area (Å²) >= 11 is 0. The zero-order chi connectivity index (χ0) is 45.9. The number of fused-ring (bicyclic) bond motifs is 3. The van der Waals surface area contributed by atoms with Crippen LogP contribution in [-0.4, -0.2) is 0 Å². The molecule has 1 nitrogen and oxygen atoms in total. The molecule has 324 valence electrons. The van der Waals surface area contributed by atoms with Crippen LogP contribution in [0.4, 0.5) is 17.1 Å². The molecule has 0 amide bonds. The van der Waals surface area contributed by atoms with Crippen molar-refractivity contribution < 1.29 is 0 Å². The van der Waals surface area contributed by atoms with Crippen LogP contribution in [-0.2, 0) is 0 Å². The Labute approximate surface area is 404 Å². The molecule has 0 aliphatic heterocycles. The van der Waals surface area contributed by atoms with Crippen molar-refractivity contribution in [2.75, 3.05) is 4.90 Å². The first-order chi connectivity index (χ1) is 34.3. The van der Waals surface area contributed by atoms with Crippen molar-refractivity contribution >= 4 is 38.6 Å². The summed E-state index contributed by atoms with van der Waals surface area (Å²) in [7, 11) is 0. The van der Waals surface area contributed by atoms with Gasteiger partial charge in [0.15, 0.2) is 0 Å². The van der Waals surface area contributed by atoms with E-state index >= 15 is 0 Å². The summed E-state index contributed by atoms with van der Waals surface area (Å²) in [5, 5.41) is 4.98. The molecule has 12 aromatic rings. The Morgan fingerprint density at radius 1 is 0.217 bits per heavy atom. The molecular formula is C68H47N. The van der Waals surface area contributed by atoms with Gasteiger partial charge in [-0.05, 0) is 107 Å². The number of benzene rings is 12. The monoisotopic (exact) mass is 877 g/mol. The van der Waals surface area contributed by atoms with Crippen molar-refractivity contribution in [3.05, 3.63) is 285 Å². The van der Waals surface area contributed by atoms with Crippen molar-refractivity contribution in [3.8, 4) is 77.9 Å². The lowest BCUT2D eigenvalue weighted by molar-refractivity contribution is 1.28. The second kappa shape index (κ2) is 18.3. The molecule has 0 saturated heterocycles. The van der Waals surface area contributed by atoms with Gasteiger partial charge in [-0.3, -0.25) is 0 Å². The summed E-state index contributed by atoms with van der Waals surface area (Å²) in [6, 6.07) is 104. The van der Waals surface area contributed by atoms with Crippen LogP contribution >= 0.6 is 0 Å². The third-order valence-electron chi connectivity index (χ3n) is 13.5. The molecule has 0 atom stereocenters. The molecule has 0 bridgehead atoms. The van der Waals surface area contributed by atoms with Crippen LogP contribution in [0.15, 0.2) is 285 Å². The van der Waals surface area contributed by atoms with Gasteiger partial charge in [-0.15, -0.1) is 0 Å². The summed E-state index contributed by atoms with van der Waals surface area (Å²) in [5.41, 5.74) is 19.7. The zero-order valence-corrected chi connectivity index (χ0v) is 38.1. The van der Waals surface area contributed by atoms with E-state index in [0.29, 0.717) is 0 Å². The smallest absolute Gasteiger partial charge is 0.0618 e. The molecule has 12 rings (SSSR count). The highest BCUT2D eigenvalue weighted by molar-refractivity contribution is 6.25. The van der Waals surface area contributed by atoms with Crippen LogP contribution in [0.3, 0.4) is 0 Å². The van der Waals surface area contributed by atoms with Crippen molar-refractivity contribution in [2.45, 2.75) is 0 Å². The molecule has 0 aliphatic rings. The standard InChI is InChI=1S/C68H47N/c1-7-23-48(24-8-1)55-43-46-64(63(47-55)51-29-13-4-14-30-51)69(68-58(49-25-9-2-10-26-49)38-22-39-59(68)50-27-11-3-12-28-50)56-44-41-52(42-45-56)57-37-21-40-62-60-35-19-20-36-61(60)65(53-31-15-5-16-32-53)66(67(57)62)54-33-17-6-18-34-54/h1-47H. The van der Waals surface area contributed by atoms with Crippen molar-refractivity contribution in [1.29, 1.82) is 0 Å². The summed E-state index contributed by atoms with van der Waals surface area (Å²) < 4.78 is 0. The van der Waals surface area contributed by atoms with E-state index in [1.807, 2.05) is 0 Å². The van der Waals surface area contributed by atoms with Crippen LogP contribution in [0.5, 0.6) is 0 Å². The van der Waals surface area contributed by atoms with E-state index in [2.05, 4.69) is 290 Å². The van der Waals surface area contributed by atoms with Gasteiger partial charge in [0, 0.05) is 22.4 Å². The summed E-state index contributed by atoms with van der Waals surface area (Å²) in [6.07, 6.45) is 0. The topological polar surface area (TPSA) is 3.24 Å². The maximum absolute atomic E-state index is 2.51. The minimum absolute atomic E-state index is 1.06. The van der Waals surface area contributed by atoms with E-state index in [9.17, 15) is 0 Å². The van der Waals surface area contributed by atoms with Crippen LogP contribution in [0.25, 0.3) is 99.4 Å². The number of hydrogen-bond donors (Lipinski definition) is 0. The molecule has 0 radical (unpaired) electrons. The highest BCUT2D eigenvalue weighted by atomic mass is 15.1. The molecule has 0 aromatic heterocycles. The van der Waals surface area contributed by atoms with Gasteiger partial charge < -0.3 is 4.90 Å². The van der Waals surface area contributed by atoms with E-state index in [1.54, 1.807) is 0 Å². The first-order valence-electron chi connectivity index (χ1n) is 23.8. The van der Waals surface area contributed by atoms with Crippen molar-refractivity contribution in [2.24, 2.45) is 0 Å². The van der Waals surface area contributed by atoms with E-state index in [-0.39, 0.29) is 0 Å². The van der Waals surface area contributed by atoms with Crippen molar-refractivity contribution in [1.82, 2.24) is 0 Å². The lowest BCUT2D eigenvalue weighted by Crippen LogP contribution is -2.14. The molecule has 0 aliphatic carbocycles. The predicted octanol–water partition coefficient (Wildman–Crippen LogP) is 19.1. The van der Waals surface area contributed by atoms with Crippen LogP contribution in [0, 0.1) is 0 Å². The number of anilines is 3.